The van der Waals surface area contributed by atoms with Gasteiger partial charge in [0.2, 0.25) is 0 Å². The fraction of sp³-hybridized carbons (Fsp3) is 0.667. The van der Waals surface area contributed by atoms with Crippen LogP contribution in [0.5, 0.6) is 0 Å². The predicted molar refractivity (Wildman–Crippen MR) is 185 cm³/mol. The van der Waals surface area contributed by atoms with Gasteiger partial charge >= 0.3 is 0 Å². The van der Waals surface area contributed by atoms with Crippen molar-refractivity contribution >= 4 is 22.6 Å². The van der Waals surface area contributed by atoms with Crippen molar-refractivity contribution in [3.8, 4) is 0 Å². The lowest BCUT2D eigenvalue weighted by molar-refractivity contribution is -1.08. The Labute approximate surface area is 266 Å². The molecule has 2 atom stereocenters. The Morgan fingerprint density at radius 2 is 0.927 bits per heavy atom. The van der Waals surface area contributed by atoms with Crippen LogP contribution in [0.25, 0.3) is 0 Å². The summed E-state index contributed by atoms with van der Waals surface area (Å²) >= 11 is 2.15. The molecule has 0 saturated carbocycles. The van der Waals surface area contributed by atoms with Gasteiger partial charge < -0.3 is 13.4 Å². The molecule has 6 aliphatic heterocycles. The lowest BCUT2D eigenvalue weighted by atomic mass is 9.97. The minimum absolute atomic E-state index is 0.694. The van der Waals surface area contributed by atoms with Crippen molar-refractivity contribution in [1.82, 2.24) is 4.90 Å². The van der Waals surface area contributed by atoms with Crippen LogP contribution in [0.3, 0.4) is 0 Å². The maximum Gasteiger partial charge on any atom is 0.129 e. The van der Waals surface area contributed by atoms with Gasteiger partial charge in [0.25, 0.3) is 0 Å². The van der Waals surface area contributed by atoms with E-state index < -0.39 is 0 Å². The molecule has 2 aromatic rings. The first kappa shape index (κ1) is 32.9. The summed E-state index contributed by atoms with van der Waals surface area (Å²) in [5, 5.41) is 0. The molecular weight excluding hydrogens is 615 g/mol. The van der Waals surface area contributed by atoms with Crippen molar-refractivity contribution in [3.63, 3.8) is 0 Å². The normalized spacial score (nSPS) is 31.3. The Morgan fingerprint density at radius 1 is 0.585 bits per heavy atom. The van der Waals surface area contributed by atoms with Crippen molar-refractivity contribution in [1.29, 1.82) is 0 Å². The monoisotopic (exact) mass is 675 g/mol. The van der Waals surface area contributed by atoms with Crippen molar-refractivity contribution in [2.45, 2.75) is 65.5 Å². The number of quaternary nitrogens is 3. The SMILES string of the molecule is CCC(C)c1ccc(C[N+]23CCN(CC2)CC3)cc1.CCC(C)c1ccc(C[N+]23CC[N+](C)(CC2)CC3)cc1.CI. The Hall–Kier alpha value is -0.990. The van der Waals surface area contributed by atoms with Crippen LogP contribution in [-0.4, -0.2) is 109 Å². The molecule has 2 aromatic carbocycles. The van der Waals surface area contributed by atoms with E-state index in [0.717, 1.165) is 0 Å². The van der Waals surface area contributed by atoms with Crippen LogP contribution < -0.4 is 0 Å². The summed E-state index contributed by atoms with van der Waals surface area (Å²) in [7, 11) is 2.44. The number of halogens is 1. The zero-order chi connectivity index (χ0) is 29.5. The van der Waals surface area contributed by atoms with Crippen LogP contribution in [0.1, 0.15) is 74.6 Å². The topological polar surface area (TPSA) is 3.24 Å². The van der Waals surface area contributed by atoms with Crippen molar-refractivity contribution in [2.75, 3.05) is 90.5 Å². The first-order valence-corrected chi connectivity index (χ1v) is 18.7. The number of likely N-dealkylation sites (N-methyl/N-ethyl adjacent to an activating group) is 1. The van der Waals surface area contributed by atoms with E-state index in [0.29, 0.717) is 11.8 Å². The Kier molecular flexibility index (Phi) is 11.8. The Balaban J connectivity index is 0.000000178. The highest BCUT2D eigenvalue weighted by Gasteiger charge is 2.46. The molecule has 0 N–H and O–H groups in total. The number of benzene rings is 2. The molecule has 8 rings (SSSR count). The molecular formula is C36H60IN4+3. The molecule has 2 unspecified atom stereocenters. The van der Waals surface area contributed by atoms with Crippen LogP contribution in [0.4, 0.5) is 0 Å². The number of hydrogen-bond acceptors (Lipinski definition) is 1. The van der Waals surface area contributed by atoms with Crippen molar-refractivity contribution < 1.29 is 13.4 Å². The average Bonchev–Trinajstić information content (AvgIpc) is 3.04. The molecule has 41 heavy (non-hydrogen) atoms. The third-order valence-electron chi connectivity index (χ3n) is 11.4. The van der Waals surface area contributed by atoms with Gasteiger partial charge in [0.05, 0.1) is 26.7 Å². The first-order valence-electron chi connectivity index (χ1n) is 16.6. The second kappa shape index (κ2) is 14.7. The van der Waals surface area contributed by atoms with Crippen LogP contribution >= 0.6 is 22.6 Å². The summed E-state index contributed by atoms with van der Waals surface area (Å²) in [5.74, 6) is 1.39. The smallest absolute Gasteiger partial charge is 0.129 e. The summed E-state index contributed by atoms with van der Waals surface area (Å²) in [6.07, 6.45) is 2.46. The van der Waals surface area contributed by atoms with E-state index in [-0.39, 0.29) is 0 Å². The number of nitrogens with zero attached hydrogens (tertiary/aromatic N) is 4. The zero-order valence-corrected chi connectivity index (χ0v) is 29.4. The molecule has 0 radical (unpaired) electrons. The molecule has 228 valence electrons. The van der Waals surface area contributed by atoms with Gasteiger partial charge in [-0.15, -0.1) is 0 Å². The molecule has 4 nitrogen and oxygen atoms in total. The van der Waals surface area contributed by atoms with Crippen LogP contribution in [-0.2, 0) is 13.1 Å². The number of rotatable bonds is 8. The van der Waals surface area contributed by atoms with E-state index in [4.69, 9.17) is 0 Å². The van der Waals surface area contributed by atoms with Gasteiger partial charge in [-0.1, -0.05) is 98.8 Å². The van der Waals surface area contributed by atoms with Gasteiger partial charge in [0.1, 0.15) is 52.4 Å². The maximum absolute atomic E-state index is 2.62. The highest BCUT2D eigenvalue weighted by Crippen LogP contribution is 2.28. The second-order valence-corrected chi connectivity index (χ2v) is 14.1. The molecule has 0 spiro atoms. The molecule has 6 fully saturated rings. The molecule has 0 aromatic heterocycles. The third-order valence-corrected chi connectivity index (χ3v) is 11.4. The van der Waals surface area contributed by atoms with Gasteiger partial charge in [0.15, 0.2) is 0 Å². The Bertz CT molecular complexity index is 1020. The summed E-state index contributed by atoms with van der Waals surface area (Å²) in [6.45, 7) is 27.9. The quantitative estimate of drug-likeness (QED) is 0.168. The van der Waals surface area contributed by atoms with Gasteiger partial charge in [-0.05, 0) is 40.7 Å². The molecule has 0 aliphatic carbocycles. The second-order valence-electron chi connectivity index (χ2n) is 14.1. The van der Waals surface area contributed by atoms with Crippen LogP contribution in [0.15, 0.2) is 48.5 Å². The molecule has 6 aliphatic rings. The van der Waals surface area contributed by atoms with Crippen molar-refractivity contribution in [2.24, 2.45) is 0 Å². The predicted octanol–water partition coefficient (Wildman–Crippen LogP) is 6.89. The van der Waals surface area contributed by atoms with Gasteiger partial charge in [-0.3, -0.25) is 4.90 Å². The van der Waals surface area contributed by atoms with Gasteiger partial charge in [-0.2, -0.15) is 0 Å². The largest absolute Gasteiger partial charge is 0.317 e. The van der Waals surface area contributed by atoms with E-state index >= 15 is 0 Å². The lowest BCUT2D eigenvalue weighted by Gasteiger charge is -2.54. The summed E-state index contributed by atoms with van der Waals surface area (Å²) in [5.41, 5.74) is 6.06. The van der Waals surface area contributed by atoms with E-state index in [1.54, 1.807) is 0 Å². The van der Waals surface area contributed by atoms with E-state index in [9.17, 15) is 0 Å². The highest BCUT2D eigenvalue weighted by molar-refractivity contribution is 14.1. The number of hydrogen-bond donors (Lipinski definition) is 0. The third kappa shape index (κ3) is 8.35. The number of piperazine rings is 6. The van der Waals surface area contributed by atoms with Crippen LogP contribution in [0.2, 0.25) is 0 Å². The summed E-state index contributed by atoms with van der Waals surface area (Å²) < 4.78 is 4.00. The molecule has 5 heteroatoms. The standard InChI is InChI=1S/C18H30N2.C17H27N2.CH3I/c1-4-16(2)18-7-5-17(6-8-18)15-20-12-9-19(3,10-13-20)11-14-20;1-3-15(2)17-6-4-16(5-7-17)14-19-11-8-18(9-12-19)10-13-19;1-2/h5-8,16H,4,9-15H2,1-3H3;4-7,15H,3,8-14H2,1-2H3;1H3/q+2;+1;. The maximum atomic E-state index is 2.62. The van der Waals surface area contributed by atoms with Gasteiger partial charge in [-0.25, -0.2) is 0 Å². The fourth-order valence-electron chi connectivity index (χ4n) is 7.39. The summed E-state index contributed by atoms with van der Waals surface area (Å²) in [6, 6.07) is 18.9. The lowest BCUT2D eigenvalue weighted by Crippen LogP contribution is -2.73. The van der Waals surface area contributed by atoms with E-state index in [1.807, 2.05) is 4.93 Å². The van der Waals surface area contributed by atoms with Gasteiger partial charge in [0, 0.05) is 30.8 Å². The number of fused-ring (bicyclic) bond motifs is 6. The highest BCUT2D eigenvalue weighted by atomic mass is 127. The fourth-order valence-corrected chi connectivity index (χ4v) is 7.39. The average molecular weight is 676 g/mol. The summed E-state index contributed by atoms with van der Waals surface area (Å²) in [4.78, 5) is 4.59. The molecule has 0 amide bonds. The van der Waals surface area contributed by atoms with Crippen molar-refractivity contribution in [3.05, 3.63) is 70.8 Å². The number of alkyl halides is 1. The van der Waals surface area contributed by atoms with E-state index in [2.05, 4.69) is 111 Å². The molecule has 4 bridgehead atoms. The minimum Gasteiger partial charge on any atom is -0.317 e. The zero-order valence-electron chi connectivity index (χ0n) is 27.3. The Morgan fingerprint density at radius 3 is 1.27 bits per heavy atom. The minimum atomic E-state index is 0.694. The molecule has 6 heterocycles. The first-order chi connectivity index (χ1) is 19.7. The molecule has 6 saturated heterocycles. The van der Waals surface area contributed by atoms with E-state index in [1.165, 1.54) is 140 Å². The van der Waals surface area contributed by atoms with Crippen LogP contribution in [0, 0.1) is 0 Å².